The maximum atomic E-state index is 14.2. The summed E-state index contributed by atoms with van der Waals surface area (Å²) in [5.41, 5.74) is 1.30. The maximum absolute atomic E-state index is 14.2. The van der Waals surface area contributed by atoms with Crippen molar-refractivity contribution in [1.82, 2.24) is 19.7 Å². The molecule has 0 radical (unpaired) electrons. The van der Waals surface area contributed by atoms with Gasteiger partial charge in [0.25, 0.3) is 0 Å². The van der Waals surface area contributed by atoms with Crippen molar-refractivity contribution < 1.29 is 37.0 Å². The molecule has 9 nitrogen and oxygen atoms in total. The molecule has 0 aliphatic carbocycles. The molecule has 0 bridgehead atoms. The van der Waals surface area contributed by atoms with Crippen LogP contribution in [-0.4, -0.2) is 65.5 Å². The number of likely N-dealkylation sites (tertiary alicyclic amines) is 1. The summed E-state index contributed by atoms with van der Waals surface area (Å²) in [5, 5.41) is 6.37. The number of benzene rings is 2. The van der Waals surface area contributed by atoms with Crippen molar-refractivity contribution in [2.24, 2.45) is 5.92 Å². The molecule has 1 aromatic heterocycles. The topological polar surface area (TPSA) is 95.8 Å². The van der Waals surface area contributed by atoms with Crippen molar-refractivity contribution in [1.29, 1.82) is 0 Å². The van der Waals surface area contributed by atoms with Gasteiger partial charge in [0.15, 0.2) is 17.3 Å². The van der Waals surface area contributed by atoms with Gasteiger partial charge in [-0.05, 0) is 36.8 Å². The molecule has 2 aromatic carbocycles. The lowest BCUT2D eigenvalue weighted by Gasteiger charge is -2.39. The second-order valence-corrected chi connectivity index (χ2v) is 11.6. The highest BCUT2D eigenvalue weighted by atomic mass is 35.5. The van der Waals surface area contributed by atoms with Gasteiger partial charge in [-0.1, -0.05) is 23.7 Å². The van der Waals surface area contributed by atoms with Crippen LogP contribution in [0.3, 0.4) is 0 Å². The van der Waals surface area contributed by atoms with Crippen LogP contribution in [0.1, 0.15) is 53.0 Å². The fourth-order valence-corrected chi connectivity index (χ4v) is 7.00. The summed E-state index contributed by atoms with van der Waals surface area (Å²) < 4.78 is 59.8. The Labute approximate surface area is 249 Å². The SMILES string of the molecule is CCOC(=O)CC1CN(C(=O)CC2SC(c3cccc(OC)c3OC)c3cc(Cl)ccc3-n3c2nnc3C(F)(F)F)C1. The van der Waals surface area contributed by atoms with Crippen molar-refractivity contribution in [2.75, 3.05) is 33.9 Å². The van der Waals surface area contributed by atoms with E-state index in [1.54, 1.807) is 36.1 Å². The number of nitrogens with zero attached hydrogens (tertiary/aromatic N) is 4. The van der Waals surface area contributed by atoms with Gasteiger partial charge in [0, 0.05) is 36.0 Å². The van der Waals surface area contributed by atoms with Crippen LogP contribution in [0.2, 0.25) is 5.02 Å². The predicted octanol–water partition coefficient (Wildman–Crippen LogP) is 5.64. The summed E-state index contributed by atoms with van der Waals surface area (Å²) in [6.07, 6.45) is -4.75. The lowest BCUT2D eigenvalue weighted by Crippen LogP contribution is -2.50. The van der Waals surface area contributed by atoms with Crippen molar-refractivity contribution >= 4 is 35.2 Å². The number of esters is 1. The number of aromatic nitrogens is 3. The Hall–Kier alpha value is -3.45. The first-order valence-corrected chi connectivity index (χ1v) is 14.5. The van der Waals surface area contributed by atoms with E-state index in [1.165, 1.54) is 38.1 Å². The van der Waals surface area contributed by atoms with E-state index in [4.69, 9.17) is 25.8 Å². The van der Waals surface area contributed by atoms with Gasteiger partial charge in [-0.2, -0.15) is 13.2 Å². The number of methoxy groups -OCH3 is 2. The second kappa shape index (κ2) is 12.0. The number of carbonyl (C=O) groups is 2. The van der Waals surface area contributed by atoms with Crippen LogP contribution < -0.4 is 9.47 Å². The summed E-state index contributed by atoms with van der Waals surface area (Å²) >= 11 is 7.65. The molecule has 1 fully saturated rings. The first kappa shape index (κ1) is 30.0. The first-order chi connectivity index (χ1) is 20.0. The average molecular weight is 625 g/mol. The Kier molecular flexibility index (Phi) is 8.61. The minimum absolute atomic E-state index is 0.00259. The third-order valence-electron chi connectivity index (χ3n) is 7.19. The molecule has 14 heteroatoms. The summed E-state index contributed by atoms with van der Waals surface area (Å²) in [4.78, 5) is 26.8. The first-order valence-electron chi connectivity index (χ1n) is 13.2. The fourth-order valence-electron chi connectivity index (χ4n) is 5.31. The number of hydrogen-bond donors (Lipinski definition) is 0. The highest BCUT2D eigenvalue weighted by molar-refractivity contribution is 8.00. The number of carbonyl (C=O) groups excluding carboxylic acids is 2. The second-order valence-electron chi connectivity index (χ2n) is 9.88. The zero-order valence-electron chi connectivity index (χ0n) is 23.0. The molecule has 2 unspecified atom stereocenters. The van der Waals surface area contributed by atoms with E-state index in [-0.39, 0.29) is 48.8 Å². The Balaban J connectivity index is 1.56. The van der Waals surface area contributed by atoms with Crippen molar-refractivity contribution in [3.63, 3.8) is 0 Å². The van der Waals surface area contributed by atoms with Gasteiger partial charge in [0.05, 0.1) is 43.4 Å². The lowest BCUT2D eigenvalue weighted by molar-refractivity contribution is -0.149. The highest BCUT2D eigenvalue weighted by Gasteiger charge is 2.44. The molecule has 2 atom stereocenters. The van der Waals surface area contributed by atoms with Crippen molar-refractivity contribution in [2.45, 2.75) is 36.4 Å². The van der Waals surface area contributed by atoms with Crippen LogP contribution in [-0.2, 0) is 20.5 Å². The maximum Gasteiger partial charge on any atom is 0.452 e. The summed E-state index contributed by atoms with van der Waals surface area (Å²) in [5.74, 6) is -0.973. The molecule has 3 aromatic rings. The number of amides is 1. The molecular weight excluding hydrogens is 597 g/mol. The van der Waals surface area contributed by atoms with Gasteiger partial charge in [-0.25, -0.2) is 0 Å². The molecule has 224 valence electrons. The average Bonchev–Trinajstić information content (AvgIpc) is 3.33. The molecular formula is C28H28ClF3N4O5S. The summed E-state index contributed by atoms with van der Waals surface area (Å²) in [6, 6.07) is 9.89. The van der Waals surface area contributed by atoms with Gasteiger partial charge in [-0.15, -0.1) is 22.0 Å². The molecule has 0 spiro atoms. The Bertz CT molecular complexity index is 1490. The van der Waals surface area contributed by atoms with Crippen LogP contribution >= 0.6 is 23.4 Å². The monoisotopic (exact) mass is 624 g/mol. The van der Waals surface area contributed by atoms with Crippen LogP contribution in [0.4, 0.5) is 13.2 Å². The summed E-state index contributed by atoms with van der Waals surface area (Å²) in [6.45, 7) is 2.72. The highest BCUT2D eigenvalue weighted by Crippen LogP contribution is 2.54. The molecule has 1 saturated heterocycles. The third kappa shape index (κ3) is 5.76. The zero-order valence-corrected chi connectivity index (χ0v) is 24.6. The smallest absolute Gasteiger partial charge is 0.452 e. The number of halogens is 4. The number of thioether (sulfide) groups is 1. The number of ether oxygens (including phenoxy) is 3. The number of alkyl halides is 3. The Morgan fingerprint density at radius 3 is 2.50 bits per heavy atom. The molecule has 3 heterocycles. The van der Waals surface area contributed by atoms with E-state index in [0.717, 1.165) is 4.57 Å². The van der Waals surface area contributed by atoms with E-state index in [1.807, 2.05) is 0 Å². The van der Waals surface area contributed by atoms with E-state index in [0.29, 0.717) is 40.7 Å². The van der Waals surface area contributed by atoms with E-state index >= 15 is 0 Å². The van der Waals surface area contributed by atoms with Crippen LogP contribution in [0.25, 0.3) is 5.69 Å². The number of hydrogen-bond acceptors (Lipinski definition) is 8. The molecule has 5 rings (SSSR count). The van der Waals surface area contributed by atoms with Gasteiger partial charge >= 0.3 is 12.1 Å². The number of fused-ring (bicyclic) bond motifs is 3. The third-order valence-corrected chi connectivity index (χ3v) is 8.91. The van der Waals surface area contributed by atoms with Crippen LogP contribution in [0, 0.1) is 5.92 Å². The van der Waals surface area contributed by atoms with Gasteiger partial charge in [0.1, 0.15) is 0 Å². The summed E-state index contributed by atoms with van der Waals surface area (Å²) in [7, 11) is 2.98. The Morgan fingerprint density at radius 2 is 1.83 bits per heavy atom. The van der Waals surface area contributed by atoms with Gasteiger partial charge < -0.3 is 19.1 Å². The molecule has 0 N–H and O–H groups in total. The molecule has 0 saturated carbocycles. The van der Waals surface area contributed by atoms with Crippen molar-refractivity contribution in [3.05, 3.63) is 64.2 Å². The van der Waals surface area contributed by atoms with E-state index in [2.05, 4.69) is 10.2 Å². The van der Waals surface area contributed by atoms with E-state index in [9.17, 15) is 22.8 Å². The minimum Gasteiger partial charge on any atom is -0.493 e. The van der Waals surface area contributed by atoms with Crippen LogP contribution in [0.5, 0.6) is 11.5 Å². The predicted molar refractivity (Wildman–Crippen MR) is 149 cm³/mol. The normalized spacial score (nSPS) is 18.4. The molecule has 1 amide bonds. The van der Waals surface area contributed by atoms with Gasteiger partial charge in [-0.3, -0.25) is 14.2 Å². The zero-order chi connectivity index (χ0) is 30.2. The van der Waals surface area contributed by atoms with Crippen molar-refractivity contribution in [3.8, 4) is 17.2 Å². The van der Waals surface area contributed by atoms with E-state index < -0.39 is 22.5 Å². The minimum atomic E-state index is -4.81. The van der Waals surface area contributed by atoms with Gasteiger partial charge in [0.2, 0.25) is 11.7 Å². The molecule has 2 aliphatic rings. The quantitative estimate of drug-likeness (QED) is 0.298. The molecule has 2 aliphatic heterocycles. The largest absolute Gasteiger partial charge is 0.493 e. The Morgan fingerprint density at radius 1 is 1.07 bits per heavy atom. The lowest BCUT2D eigenvalue weighted by atomic mass is 9.96. The van der Waals surface area contributed by atoms with Crippen LogP contribution in [0.15, 0.2) is 36.4 Å². The standard InChI is InChI=1S/C28H28ClF3N4O5S/c1-4-41-23(38)10-15-13-35(14-15)22(37)12-21-26-33-34-27(28(30,31)32)36(26)19-9-8-16(29)11-18(19)25(42-21)17-6-5-7-20(39-2)24(17)40-3/h5-9,11,15,21,25H,4,10,12-14H2,1-3H3. The number of para-hydroxylation sites is 1. The molecule has 42 heavy (non-hydrogen) atoms. The number of rotatable bonds is 8. The fraction of sp³-hybridized carbons (Fsp3) is 0.429.